The van der Waals surface area contributed by atoms with Crippen LogP contribution in [-0.4, -0.2) is 23.5 Å². The molecule has 0 radical (unpaired) electrons. The van der Waals surface area contributed by atoms with E-state index in [2.05, 4.69) is 21.2 Å². The van der Waals surface area contributed by atoms with Crippen molar-refractivity contribution in [3.8, 4) is 0 Å². The van der Waals surface area contributed by atoms with Crippen LogP contribution in [0.4, 0.5) is 0 Å². The molecule has 1 heterocycles. The van der Waals surface area contributed by atoms with Gasteiger partial charge in [-0.2, -0.15) is 0 Å². The van der Waals surface area contributed by atoms with Crippen LogP contribution in [0, 0.1) is 0 Å². The first-order valence-electron chi connectivity index (χ1n) is 5.35. The number of aliphatic carboxylic acids is 1. The number of carbonyl (C=O) groups is 2. The van der Waals surface area contributed by atoms with Crippen molar-refractivity contribution in [3.05, 3.63) is 20.8 Å². The molecule has 17 heavy (non-hydrogen) atoms. The standard InChI is InChI=1S/C11H14BrNO3S/c12-9-6-5-8(17-9)11(16)13-7-3-1-2-4-10(14)15/h5-6H,1-4,7H2,(H,13,16)(H,14,15). The van der Waals surface area contributed by atoms with Gasteiger partial charge < -0.3 is 10.4 Å². The fourth-order valence-electron chi connectivity index (χ4n) is 1.30. The highest BCUT2D eigenvalue weighted by molar-refractivity contribution is 9.11. The van der Waals surface area contributed by atoms with Gasteiger partial charge in [0.1, 0.15) is 0 Å². The van der Waals surface area contributed by atoms with E-state index in [9.17, 15) is 9.59 Å². The van der Waals surface area contributed by atoms with Crippen LogP contribution in [0.1, 0.15) is 35.4 Å². The third kappa shape index (κ3) is 5.83. The average molecular weight is 320 g/mol. The van der Waals surface area contributed by atoms with Crippen molar-refractivity contribution in [2.75, 3.05) is 6.54 Å². The van der Waals surface area contributed by atoms with E-state index in [1.807, 2.05) is 6.07 Å². The molecule has 2 N–H and O–H groups in total. The molecule has 0 aliphatic rings. The Kier molecular flexibility index (Phi) is 6.21. The van der Waals surface area contributed by atoms with Gasteiger partial charge in [-0.1, -0.05) is 6.42 Å². The zero-order valence-corrected chi connectivity index (χ0v) is 11.6. The molecule has 0 saturated heterocycles. The summed E-state index contributed by atoms with van der Waals surface area (Å²) in [7, 11) is 0. The summed E-state index contributed by atoms with van der Waals surface area (Å²) in [4.78, 5) is 22.5. The first-order chi connectivity index (χ1) is 8.09. The second-order valence-electron chi connectivity index (χ2n) is 3.56. The van der Waals surface area contributed by atoms with Crippen LogP contribution in [0.5, 0.6) is 0 Å². The van der Waals surface area contributed by atoms with Gasteiger partial charge in [0, 0.05) is 13.0 Å². The Morgan fingerprint density at radius 1 is 1.29 bits per heavy atom. The highest BCUT2D eigenvalue weighted by atomic mass is 79.9. The largest absolute Gasteiger partial charge is 0.481 e. The molecule has 0 atom stereocenters. The van der Waals surface area contributed by atoms with Crippen LogP contribution in [0.3, 0.4) is 0 Å². The van der Waals surface area contributed by atoms with Gasteiger partial charge >= 0.3 is 5.97 Å². The summed E-state index contributed by atoms with van der Waals surface area (Å²) in [5.74, 6) is -0.837. The van der Waals surface area contributed by atoms with E-state index in [0.717, 1.165) is 16.6 Å². The lowest BCUT2D eigenvalue weighted by Crippen LogP contribution is -2.23. The summed E-state index contributed by atoms with van der Waals surface area (Å²) in [5, 5.41) is 11.2. The number of thiophene rings is 1. The predicted octanol–water partition coefficient (Wildman–Crippen LogP) is 2.89. The third-order valence-corrected chi connectivity index (χ3v) is 3.77. The summed E-state index contributed by atoms with van der Waals surface area (Å²) < 4.78 is 0.934. The van der Waals surface area contributed by atoms with Crippen LogP contribution in [0.2, 0.25) is 0 Å². The maximum absolute atomic E-state index is 11.6. The quantitative estimate of drug-likeness (QED) is 0.759. The maximum atomic E-state index is 11.6. The number of hydrogen-bond donors (Lipinski definition) is 2. The molecule has 0 spiro atoms. The number of carbonyl (C=O) groups excluding carboxylic acids is 1. The zero-order valence-electron chi connectivity index (χ0n) is 9.24. The number of carboxylic acid groups (broad SMARTS) is 1. The molecule has 4 nitrogen and oxygen atoms in total. The van der Waals surface area contributed by atoms with Gasteiger partial charge in [-0.25, -0.2) is 0 Å². The minimum atomic E-state index is -0.766. The Balaban J connectivity index is 2.11. The molecule has 1 aromatic rings. The first kappa shape index (κ1) is 14.2. The lowest BCUT2D eigenvalue weighted by atomic mass is 10.2. The molecule has 0 bridgehead atoms. The Morgan fingerprint density at radius 2 is 2.06 bits per heavy atom. The van der Waals surface area contributed by atoms with Crippen LogP contribution < -0.4 is 5.32 Å². The highest BCUT2D eigenvalue weighted by Crippen LogP contribution is 2.21. The second kappa shape index (κ2) is 7.45. The number of unbranched alkanes of at least 4 members (excludes halogenated alkanes) is 2. The van der Waals surface area contributed by atoms with Crippen molar-refractivity contribution in [3.63, 3.8) is 0 Å². The van der Waals surface area contributed by atoms with Crippen molar-refractivity contribution in [1.29, 1.82) is 0 Å². The van der Waals surface area contributed by atoms with Gasteiger partial charge in [-0.05, 0) is 40.9 Å². The topological polar surface area (TPSA) is 66.4 Å². The van der Waals surface area contributed by atoms with E-state index in [-0.39, 0.29) is 12.3 Å². The van der Waals surface area contributed by atoms with Gasteiger partial charge in [0.15, 0.2) is 0 Å². The maximum Gasteiger partial charge on any atom is 0.303 e. The number of carboxylic acids is 1. The van der Waals surface area contributed by atoms with Crippen molar-refractivity contribution >= 4 is 39.1 Å². The molecule has 0 aliphatic heterocycles. The summed E-state index contributed by atoms with van der Waals surface area (Å²) in [6.07, 6.45) is 2.49. The number of nitrogens with one attached hydrogen (secondary N) is 1. The average Bonchev–Trinajstić information content (AvgIpc) is 2.69. The van der Waals surface area contributed by atoms with Crippen LogP contribution in [0.15, 0.2) is 15.9 Å². The normalized spacial score (nSPS) is 10.2. The van der Waals surface area contributed by atoms with Gasteiger partial charge in [0.05, 0.1) is 8.66 Å². The van der Waals surface area contributed by atoms with Gasteiger partial charge in [0.25, 0.3) is 5.91 Å². The van der Waals surface area contributed by atoms with Gasteiger partial charge in [-0.3, -0.25) is 9.59 Å². The number of hydrogen-bond acceptors (Lipinski definition) is 3. The van der Waals surface area contributed by atoms with Crippen molar-refractivity contribution in [2.24, 2.45) is 0 Å². The lowest BCUT2D eigenvalue weighted by molar-refractivity contribution is -0.137. The number of halogens is 1. The molecule has 0 saturated carbocycles. The molecule has 1 amide bonds. The predicted molar refractivity (Wildman–Crippen MR) is 70.5 cm³/mol. The summed E-state index contributed by atoms with van der Waals surface area (Å²) in [6.45, 7) is 0.591. The Labute approximate surface area is 112 Å². The monoisotopic (exact) mass is 319 g/mol. The highest BCUT2D eigenvalue weighted by Gasteiger charge is 2.07. The molecule has 0 aromatic carbocycles. The Bertz CT molecular complexity index is 392. The molecule has 1 aromatic heterocycles. The third-order valence-electron chi connectivity index (χ3n) is 2.15. The lowest BCUT2D eigenvalue weighted by Gasteiger charge is -2.02. The minimum absolute atomic E-state index is 0.0704. The molecule has 0 aliphatic carbocycles. The number of amides is 1. The molecule has 6 heteroatoms. The van der Waals surface area contributed by atoms with E-state index < -0.39 is 5.97 Å². The van der Waals surface area contributed by atoms with Crippen molar-refractivity contribution in [2.45, 2.75) is 25.7 Å². The summed E-state index contributed by atoms with van der Waals surface area (Å²) in [5.41, 5.74) is 0. The van der Waals surface area contributed by atoms with Crippen molar-refractivity contribution < 1.29 is 14.7 Å². The fraction of sp³-hybridized carbons (Fsp3) is 0.455. The van der Waals surface area contributed by atoms with Gasteiger partial charge in [-0.15, -0.1) is 11.3 Å². The first-order valence-corrected chi connectivity index (χ1v) is 6.96. The molecule has 0 unspecified atom stereocenters. The van der Waals surface area contributed by atoms with Gasteiger partial charge in [0.2, 0.25) is 0 Å². The molecule has 94 valence electrons. The summed E-state index contributed by atoms with van der Waals surface area (Å²) >= 11 is 4.69. The van der Waals surface area contributed by atoms with E-state index in [0.29, 0.717) is 17.8 Å². The number of rotatable bonds is 7. The second-order valence-corrected chi connectivity index (χ2v) is 6.03. The minimum Gasteiger partial charge on any atom is -0.481 e. The van der Waals surface area contributed by atoms with Crippen LogP contribution in [0.25, 0.3) is 0 Å². The van der Waals surface area contributed by atoms with Crippen LogP contribution >= 0.6 is 27.3 Å². The summed E-state index contributed by atoms with van der Waals surface area (Å²) in [6, 6.07) is 3.61. The van der Waals surface area contributed by atoms with E-state index in [1.54, 1.807) is 6.07 Å². The van der Waals surface area contributed by atoms with Crippen LogP contribution in [-0.2, 0) is 4.79 Å². The van der Waals surface area contributed by atoms with Crippen molar-refractivity contribution in [1.82, 2.24) is 5.32 Å². The molecule has 0 fully saturated rings. The van der Waals surface area contributed by atoms with E-state index in [4.69, 9.17) is 5.11 Å². The Hall–Kier alpha value is -0.880. The van der Waals surface area contributed by atoms with E-state index >= 15 is 0 Å². The smallest absolute Gasteiger partial charge is 0.303 e. The SMILES string of the molecule is O=C(O)CCCCCNC(=O)c1ccc(Br)s1. The van der Waals surface area contributed by atoms with E-state index in [1.165, 1.54) is 11.3 Å². The fourth-order valence-corrected chi connectivity index (χ4v) is 2.61. The molecular weight excluding hydrogens is 306 g/mol. The molecule has 1 rings (SSSR count). The Morgan fingerprint density at radius 3 is 2.65 bits per heavy atom. The zero-order chi connectivity index (χ0) is 12.7. The molecular formula is C11H14BrNO3S.